The quantitative estimate of drug-likeness (QED) is 0.874. The summed E-state index contributed by atoms with van der Waals surface area (Å²) in [5.74, 6) is 0. The molecule has 1 rings (SSSR count). The van der Waals surface area contributed by atoms with Gasteiger partial charge in [0.1, 0.15) is 0 Å². The van der Waals surface area contributed by atoms with Gasteiger partial charge in [0.05, 0.1) is 0 Å². The van der Waals surface area contributed by atoms with E-state index < -0.39 is 0 Å². The Balaban J connectivity index is 2.82. The minimum absolute atomic E-state index is 0.433. The van der Waals surface area contributed by atoms with Crippen molar-refractivity contribution >= 4 is 22.0 Å². The second kappa shape index (κ2) is 6.09. The topological polar surface area (TPSA) is 12.0 Å². The third kappa shape index (κ3) is 3.80. The molecule has 0 aliphatic rings. The van der Waals surface area contributed by atoms with E-state index in [-0.39, 0.29) is 0 Å². The number of benzene rings is 1. The molecular formula is C13H18BrN. The molecule has 0 saturated heterocycles. The summed E-state index contributed by atoms with van der Waals surface area (Å²) >= 11 is 3.55. The van der Waals surface area contributed by atoms with Crippen LogP contribution in [0.15, 0.2) is 34.3 Å². The van der Waals surface area contributed by atoms with E-state index in [0.29, 0.717) is 6.04 Å². The van der Waals surface area contributed by atoms with E-state index in [1.54, 1.807) is 0 Å². The highest BCUT2D eigenvalue weighted by atomic mass is 79.9. The summed E-state index contributed by atoms with van der Waals surface area (Å²) < 4.78 is 1.15. The van der Waals surface area contributed by atoms with Crippen molar-refractivity contribution in [3.63, 3.8) is 0 Å². The van der Waals surface area contributed by atoms with Crippen LogP contribution >= 0.6 is 15.9 Å². The van der Waals surface area contributed by atoms with Gasteiger partial charge in [0.25, 0.3) is 0 Å². The van der Waals surface area contributed by atoms with Crippen molar-refractivity contribution in [3.05, 3.63) is 39.9 Å². The van der Waals surface area contributed by atoms with E-state index in [1.807, 2.05) is 6.07 Å². The lowest BCUT2D eigenvalue weighted by molar-refractivity contribution is 0.636. The van der Waals surface area contributed by atoms with E-state index in [0.717, 1.165) is 11.0 Å². The standard InChI is InChI=1S/C13H18BrN/c1-4-15-11(3)10(2)9-12-7-5-6-8-13(12)14/h5-9,11,15H,4H2,1-3H3/b10-9+. The third-order valence-electron chi connectivity index (χ3n) is 2.48. The van der Waals surface area contributed by atoms with Crippen LogP contribution in [0, 0.1) is 0 Å². The molecule has 1 N–H and O–H groups in total. The molecule has 0 saturated carbocycles. The number of rotatable bonds is 4. The normalized spacial score (nSPS) is 14.0. The van der Waals surface area contributed by atoms with Gasteiger partial charge < -0.3 is 5.32 Å². The van der Waals surface area contributed by atoms with Gasteiger partial charge >= 0.3 is 0 Å². The van der Waals surface area contributed by atoms with Gasteiger partial charge in [-0.05, 0) is 32.0 Å². The van der Waals surface area contributed by atoms with Crippen molar-refractivity contribution < 1.29 is 0 Å². The Morgan fingerprint density at radius 2 is 2.13 bits per heavy atom. The van der Waals surface area contributed by atoms with Crippen LogP contribution in [-0.4, -0.2) is 12.6 Å². The fraction of sp³-hybridized carbons (Fsp3) is 0.385. The molecular weight excluding hydrogens is 250 g/mol. The summed E-state index contributed by atoms with van der Waals surface area (Å²) in [5.41, 5.74) is 2.59. The van der Waals surface area contributed by atoms with Gasteiger partial charge in [-0.15, -0.1) is 0 Å². The number of likely N-dealkylation sites (N-methyl/N-ethyl adjacent to an activating group) is 1. The molecule has 2 heteroatoms. The molecule has 0 aliphatic heterocycles. The van der Waals surface area contributed by atoms with Gasteiger partial charge in [-0.25, -0.2) is 0 Å². The third-order valence-corrected chi connectivity index (χ3v) is 3.20. The summed E-state index contributed by atoms with van der Waals surface area (Å²) in [4.78, 5) is 0. The molecule has 0 fully saturated rings. The molecule has 1 aromatic rings. The van der Waals surface area contributed by atoms with E-state index >= 15 is 0 Å². The Kier molecular flexibility index (Phi) is 5.06. The highest BCUT2D eigenvalue weighted by Gasteiger charge is 2.02. The van der Waals surface area contributed by atoms with Crippen molar-refractivity contribution in [1.29, 1.82) is 0 Å². The molecule has 15 heavy (non-hydrogen) atoms. The van der Waals surface area contributed by atoms with Gasteiger partial charge in [-0.1, -0.05) is 52.7 Å². The van der Waals surface area contributed by atoms with Crippen molar-refractivity contribution in [2.24, 2.45) is 0 Å². The Morgan fingerprint density at radius 3 is 2.73 bits per heavy atom. The first kappa shape index (κ1) is 12.5. The summed E-state index contributed by atoms with van der Waals surface area (Å²) in [6, 6.07) is 8.71. The Labute approximate surface area is 101 Å². The zero-order valence-corrected chi connectivity index (χ0v) is 11.1. The summed E-state index contributed by atoms with van der Waals surface area (Å²) in [5, 5.41) is 3.40. The zero-order chi connectivity index (χ0) is 11.3. The van der Waals surface area contributed by atoms with Crippen LogP contribution in [0.25, 0.3) is 6.08 Å². The maximum Gasteiger partial charge on any atom is 0.0251 e. The van der Waals surface area contributed by atoms with Crippen molar-refractivity contribution in [3.8, 4) is 0 Å². The first-order valence-corrected chi connectivity index (χ1v) is 6.10. The molecule has 0 aliphatic carbocycles. The monoisotopic (exact) mass is 267 g/mol. The number of nitrogens with one attached hydrogen (secondary N) is 1. The molecule has 0 spiro atoms. The predicted molar refractivity (Wildman–Crippen MR) is 70.9 cm³/mol. The number of hydrogen-bond donors (Lipinski definition) is 1. The lowest BCUT2D eigenvalue weighted by atomic mass is 10.1. The molecule has 1 atom stereocenters. The maximum atomic E-state index is 3.55. The lowest BCUT2D eigenvalue weighted by Crippen LogP contribution is -2.26. The van der Waals surface area contributed by atoms with Crippen LogP contribution < -0.4 is 5.32 Å². The van der Waals surface area contributed by atoms with Gasteiger partial charge in [-0.3, -0.25) is 0 Å². The Hall–Kier alpha value is -0.600. The van der Waals surface area contributed by atoms with Crippen LogP contribution in [-0.2, 0) is 0 Å². The smallest absolute Gasteiger partial charge is 0.0251 e. The Morgan fingerprint density at radius 1 is 1.47 bits per heavy atom. The maximum absolute atomic E-state index is 3.55. The van der Waals surface area contributed by atoms with Gasteiger partial charge in [-0.2, -0.15) is 0 Å². The van der Waals surface area contributed by atoms with Crippen LogP contribution in [0.5, 0.6) is 0 Å². The van der Waals surface area contributed by atoms with Crippen LogP contribution in [0.2, 0.25) is 0 Å². The van der Waals surface area contributed by atoms with Gasteiger partial charge in [0.15, 0.2) is 0 Å². The molecule has 82 valence electrons. The summed E-state index contributed by atoms with van der Waals surface area (Å²) in [6.07, 6.45) is 2.22. The molecule has 1 nitrogen and oxygen atoms in total. The molecule has 0 aromatic heterocycles. The van der Waals surface area contributed by atoms with E-state index in [1.165, 1.54) is 11.1 Å². The number of hydrogen-bond acceptors (Lipinski definition) is 1. The average molecular weight is 268 g/mol. The first-order chi connectivity index (χ1) is 7.15. The zero-order valence-electron chi connectivity index (χ0n) is 9.55. The van der Waals surface area contributed by atoms with Crippen molar-refractivity contribution in [2.45, 2.75) is 26.8 Å². The van der Waals surface area contributed by atoms with Crippen LogP contribution in [0.3, 0.4) is 0 Å². The minimum Gasteiger partial charge on any atom is -0.311 e. The van der Waals surface area contributed by atoms with Gasteiger partial charge in [0.2, 0.25) is 0 Å². The minimum atomic E-state index is 0.433. The number of halogens is 1. The molecule has 0 radical (unpaired) electrons. The molecule has 0 heterocycles. The summed E-state index contributed by atoms with van der Waals surface area (Å²) in [6.45, 7) is 7.48. The van der Waals surface area contributed by atoms with Crippen molar-refractivity contribution in [1.82, 2.24) is 5.32 Å². The summed E-state index contributed by atoms with van der Waals surface area (Å²) in [7, 11) is 0. The van der Waals surface area contributed by atoms with E-state index in [9.17, 15) is 0 Å². The SMILES string of the molecule is CCNC(C)/C(C)=C/c1ccccc1Br. The molecule has 0 bridgehead atoms. The van der Waals surface area contributed by atoms with Gasteiger partial charge in [0, 0.05) is 10.5 Å². The van der Waals surface area contributed by atoms with E-state index in [2.05, 4.69) is 66.3 Å². The molecule has 1 unspecified atom stereocenters. The Bertz CT molecular complexity index is 344. The van der Waals surface area contributed by atoms with Crippen LogP contribution in [0.1, 0.15) is 26.3 Å². The highest BCUT2D eigenvalue weighted by molar-refractivity contribution is 9.10. The molecule has 1 aromatic carbocycles. The fourth-order valence-corrected chi connectivity index (χ4v) is 1.83. The average Bonchev–Trinajstić information content (AvgIpc) is 2.21. The fourth-order valence-electron chi connectivity index (χ4n) is 1.43. The second-order valence-electron chi connectivity index (χ2n) is 3.69. The largest absolute Gasteiger partial charge is 0.311 e. The first-order valence-electron chi connectivity index (χ1n) is 5.31. The van der Waals surface area contributed by atoms with Crippen LogP contribution in [0.4, 0.5) is 0 Å². The molecule has 0 amide bonds. The van der Waals surface area contributed by atoms with Crippen molar-refractivity contribution in [2.75, 3.05) is 6.54 Å². The highest BCUT2D eigenvalue weighted by Crippen LogP contribution is 2.19. The predicted octanol–water partition coefficient (Wildman–Crippen LogP) is 3.85. The van der Waals surface area contributed by atoms with E-state index in [4.69, 9.17) is 0 Å². The second-order valence-corrected chi connectivity index (χ2v) is 4.54. The lowest BCUT2D eigenvalue weighted by Gasteiger charge is -2.13.